The predicted octanol–water partition coefficient (Wildman–Crippen LogP) is 1.95. The van der Waals surface area contributed by atoms with E-state index in [4.69, 9.17) is 5.11 Å². The summed E-state index contributed by atoms with van der Waals surface area (Å²) in [5.74, 6) is 0.925. The van der Waals surface area contributed by atoms with Gasteiger partial charge in [0.05, 0.1) is 6.20 Å². The first-order valence-corrected chi connectivity index (χ1v) is 10.5. The van der Waals surface area contributed by atoms with Crippen molar-refractivity contribution in [1.29, 1.82) is 0 Å². The highest BCUT2D eigenvalue weighted by Gasteiger charge is 2.47. The monoisotopic (exact) mass is 405 g/mol. The van der Waals surface area contributed by atoms with Crippen molar-refractivity contribution in [3.8, 4) is 0 Å². The molecule has 3 aromatic rings. The van der Waals surface area contributed by atoms with Gasteiger partial charge in [-0.1, -0.05) is 24.3 Å². The number of fused-ring (bicyclic) bond motifs is 2. The van der Waals surface area contributed by atoms with Crippen LogP contribution in [0.15, 0.2) is 42.9 Å². The first-order valence-electron chi connectivity index (χ1n) is 10.5. The van der Waals surface area contributed by atoms with E-state index in [0.717, 1.165) is 25.2 Å². The molecule has 0 spiro atoms. The molecule has 4 heterocycles. The maximum atomic E-state index is 13.3. The summed E-state index contributed by atoms with van der Waals surface area (Å²) < 4.78 is 1.64. The number of hydrogen-bond acceptors (Lipinski definition) is 5. The molecule has 3 atom stereocenters. The molecule has 2 fully saturated rings. The standard InChI is InChI=1S/C23H27N5O2/c1-15-5-3-4-6-18(15)21-20-14-27(13-17(20)12-26(21)2)23(30)19-10-25-28-11-16(7-8-29)9-24-22(19)28/h3-6,9-11,17,20-21,29H,7-8,12-14H2,1-2H3/t17-,20+,21-/m0/s1. The number of rotatable bonds is 4. The molecule has 1 N–H and O–H groups in total. The van der Waals surface area contributed by atoms with E-state index < -0.39 is 0 Å². The topological polar surface area (TPSA) is 74.0 Å². The van der Waals surface area contributed by atoms with E-state index >= 15 is 0 Å². The highest BCUT2D eigenvalue weighted by Crippen LogP contribution is 2.45. The minimum atomic E-state index is 0.00740. The number of nitrogens with zero attached hydrogens (tertiary/aromatic N) is 5. The normalized spacial score (nSPS) is 24.0. The molecule has 0 radical (unpaired) electrons. The van der Waals surface area contributed by atoms with Gasteiger partial charge in [0, 0.05) is 50.6 Å². The van der Waals surface area contributed by atoms with Crippen molar-refractivity contribution in [2.45, 2.75) is 19.4 Å². The van der Waals surface area contributed by atoms with E-state index in [1.54, 1.807) is 16.9 Å². The summed E-state index contributed by atoms with van der Waals surface area (Å²) in [6.45, 7) is 4.77. The summed E-state index contributed by atoms with van der Waals surface area (Å²) in [7, 11) is 2.20. The third-order valence-electron chi connectivity index (χ3n) is 6.73. The molecule has 156 valence electrons. The fourth-order valence-corrected chi connectivity index (χ4v) is 5.30. The molecule has 5 rings (SSSR count). The predicted molar refractivity (Wildman–Crippen MR) is 113 cm³/mol. The molecule has 30 heavy (non-hydrogen) atoms. The summed E-state index contributed by atoms with van der Waals surface area (Å²) in [4.78, 5) is 22.2. The van der Waals surface area contributed by atoms with Crippen molar-refractivity contribution in [1.82, 2.24) is 24.4 Å². The number of carbonyl (C=O) groups excluding carboxylic acids is 1. The van der Waals surface area contributed by atoms with Crippen LogP contribution in [0.2, 0.25) is 0 Å². The zero-order valence-electron chi connectivity index (χ0n) is 17.4. The lowest BCUT2D eigenvalue weighted by molar-refractivity contribution is 0.0769. The van der Waals surface area contributed by atoms with Gasteiger partial charge in [0.25, 0.3) is 5.91 Å². The van der Waals surface area contributed by atoms with Gasteiger partial charge in [0.15, 0.2) is 5.65 Å². The van der Waals surface area contributed by atoms with E-state index in [9.17, 15) is 4.79 Å². The minimum Gasteiger partial charge on any atom is -0.396 e. The molecule has 7 heteroatoms. The van der Waals surface area contributed by atoms with Gasteiger partial charge in [-0.15, -0.1) is 0 Å². The number of carbonyl (C=O) groups is 1. The number of aliphatic hydroxyl groups excluding tert-OH is 1. The lowest BCUT2D eigenvalue weighted by Gasteiger charge is -2.28. The van der Waals surface area contributed by atoms with Gasteiger partial charge in [0.2, 0.25) is 0 Å². The zero-order chi connectivity index (χ0) is 20.8. The van der Waals surface area contributed by atoms with Gasteiger partial charge in [-0.3, -0.25) is 9.69 Å². The van der Waals surface area contributed by atoms with Crippen molar-refractivity contribution in [2.75, 3.05) is 33.3 Å². The Kier molecular flexibility index (Phi) is 4.79. The van der Waals surface area contributed by atoms with Crippen molar-refractivity contribution in [3.63, 3.8) is 0 Å². The first-order chi connectivity index (χ1) is 14.6. The summed E-state index contributed by atoms with van der Waals surface area (Å²) in [6.07, 6.45) is 5.69. The Bertz CT molecular complexity index is 1090. The molecule has 2 aromatic heterocycles. The molecule has 0 bridgehead atoms. The Morgan fingerprint density at radius 3 is 2.83 bits per heavy atom. The summed E-state index contributed by atoms with van der Waals surface area (Å²) in [6, 6.07) is 8.93. The molecule has 1 amide bonds. The number of benzene rings is 1. The smallest absolute Gasteiger partial charge is 0.259 e. The number of likely N-dealkylation sites (tertiary alicyclic amines) is 2. The SMILES string of the molecule is Cc1ccccc1[C@H]1[C@@H]2CN(C(=O)c3cnn4cc(CCO)cnc34)C[C@@H]2CN1C. The third-order valence-corrected chi connectivity index (χ3v) is 6.73. The van der Waals surface area contributed by atoms with Crippen LogP contribution in [0.25, 0.3) is 5.65 Å². The van der Waals surface area contributed by atoms with Crippen LogP contribution >= 0.6 is 0 Å². The molecular formula is C23H27N5O2. The Hall–Kier alpha value is -2.77. The molecule has 2 saturated heterocycles. The largest absolute Gasteiger partial charge is 0.396 e. The molecule has 2 aliphatic heterocycles. The van der Waals surface area contributed by atoms with Gasteiger partial charge >= 0.3 is 0 Å². The minimum absolute atomic E-state index is 0.00740. The number of aromatic nitrogens is 3. The Morgan fingerprint density at radius 1 is 1.20 bits per heavy atom. The lowest BCUT2D eigenvalue weighted by Crippen LogP contribution is -2.33. The number of hydrogen-bond donors (Lipinski definition) is 1. The highest BCUT2D eigenvalue weighted by atomic mass is 16.3. The van der Waals surface area contributed by atoms with Crippen LogP contribution in [-0.2, 0) is 6.42 Å². The van der Waals surface area contributed by atoms with Gasteiger partial charge in [-0.05, 0) is 43.0 Å². The zero-order valence-corrected chi connectivity index (χ0v) is 17.4. The average Bonchev–Trinajstić information content (AvgIpc) is 3.40. The van der Waals surface area contributed by atoms with Crippen molar-refractivity contribution >= 4 is 11.6 Å². The van der Waals surface area contributed by atoms with E-state index in [-0.39, 0.29) is 12.5 Å². The van der Waals surface area contributed by atoms with E-state index in [2.05, 4.69) is 53.2 Å². The summed E-state index contributed by atoms with van der Waals surface area (Å²) in [5.41, 5.74) is 4.70. The van der Waals surface area contributed by atoms with Crippen LogP contribution in [0.3, 0.4) is 0 Å². The van der Waals surface area contributed by atoms with Crippen molar-refractivity contribution in [3.05, 3.63) is 65.1 Å². The highest BCUT2D eigenvalue weighted by molar-refractivity contribution is 5.99. The van der Waals surface area contributed by atoms with Crippen LogP contribution in [0.5, 0.6) is 0 Å². The number of amides is 1. The Morgan fingerprint density at radius 2 is 2.03 bits per heavy atom. The second kappa shape index (κ2) is 7.49. The van der Waals surface area contributed by atoms with Gasteiger partial charge in [0.1, 0.15) is 5.56 Å². The van der Waals surface area contributed by atoms with Crippen LogP contribution in [0.4, 0.5) is 0 Å². The maximum absolute atomic E-state index is 13.3. The first kappa shape index (κ1) is 19.2. The van der Waals surface area contributed by atoms with Gasteiger partial charge < -0.3 is 10.0 Å². The molecule has 0 saturated carbocycles. The van der Waals surface area contributed by atoms with E-state index in [1.807, 2.05) is 11.1 Å². The molecule has 0 aliphatic carbocycles. The van der Waals surface area contributed by atoms with Crippen LogP contribution < -0.4 is 0 Å². The van der Waals surface area contributed by atoms with Gasteiger partial charge in [-0.2, -0.15) is 5.10 Å². The summed E-state index contributed by atoms with van der Waals surface area (Å²) >= 11 is 0. The van der Waals surface area contributed by atoms with Crippen molar-refractivity contribution in [2.24, 2.45) is 11.8 Å². The second-order valence-corrected chi connectivity index (χ2v) is 8.64. The van der Waals surface area contributed by atoms with Crippen LogP contribution in [0, 0.1) is 18.8 Å². The maximum Gasteiger partial charge on any atom is 0.259 e. The van der Waals surface area contributed by atoms with E-state index in [0.29, 0.717) is 35.5 Å². The Labute approximate surface area is 175 Å². The quantitative estimate of drug-likeness (QED) is 0.718. The molecule has 7 nitrogen and oxygen atoms in total. The van der Waals surface area contributed by atoms with Gasteiger partial charge in [-0.25, -0.2) is 9.50 Å². The number of aryl methyl sites for hydroxylation is 1. The molecule has 2 aliphatic rings. The average molecular weight is 406 g/mol. The summed E-state index contributed by atoms with van der Waals surface area (Å²) in [5, 5.41) is 13.5. The Balaban J connectivity index is 1.39. The molecule has 1 aromatic carbocycles. The number of aliphatic hydroxyl groups is 1. The lowest BCUT2D eigenvalue weighted by atomic mass is 9.88. The fourth-order valence-electron chi connectivity index (χ4n) is 5.30. The molecule has 0 unspecified atom stereocenters. The van der Waals surface area contributed by atoms with E-state index in [1.165, 1.54) is 11.1 Å². The fraction of sp³-hybridized carbons (Fsp3) is 0.435. The third kappa shape index (κ3) is 3.09. The second-order valence-electron chi connectivity index (χ2n) is 8.64. The van der Waals surface area contributed by atoms with Crippen LogP contribution in [-0.4, -0.2) is 68.7 Å². The molecular weight excluding hydrogens is 378 g/mol. The van der Waals surface area contributed by atoms with Crippen LogP contribution in [0.1, 0.15) is 33.1 Å². The van der Waals surface area contributed by atoms with Crippen molar-refractivity contribution < 1.29 is 9.90 Å².